The van der Waals surface area contributed by atoms with E-state index in [0.717, 1.165) is 44.0 Å². The van der Waals surface area contributed by atoms with Crippen molar-refractivity contribution in [2.45, 2.75) is 6.54 Å². The maximum atomic E-state index is 10.8. The summed E-state index contributed by atoms with van der Waals surface area (Å²) in [7, 11) is 0. The first kappa shape index (κ1) is 18.3. The van der Waals surface area contributed by atoms with Crippen molar-refractivity contribution in [1.29, 1.82) is 0 Å². The number of nitro groups is 1. The number of hydrogen-bond acceptors (Lipinski definition) is 4. The molecule has 0 bridgehead atoms. The van der Waals surface area contributed by atoms with Crippen molar-refractivity contribution >= 4 is 46.2 Å². The summed E-state index contributed by atoms with van der Waals surface area (Å²) in [5.41, 5.74) is 1.88. The molecule has 25 heavy (non-hydrogen) atoms. The molecule has 5 nitrogen and oxygen atoms in total. The fourth-order valence-electron chi connectivity index (χ4n) is 2.90. The van der Waals surface area contributed by atoms with Crippen LogP contribution < -0.4 is 4.90 Å². The highest BCUT2D eigenvalue weighted by molar-refractivity contribution is 6.35. The molecule has 0 N–H and O–H groups in total. The zero-order valence-corrected chi connectivity index (χ0v) is 15.6. The molecule has 0 amide bonds. The van der Waals surface area contributed by atoms with Gasteiger partial charge in [-0.05, 0) is 23.8 Å². The first-order valence-electron chi connectivity index (χ1n) is 7.79. The lowest BCUT2D eigenvalue weighted by Crippen LogP contribution is -2.46. The van der Waals surface area contributed by atoms with Gasteiger partial charge >= 0.3 is 0 Å². The lowest BCUT2D eigenvalue weighted by atomic mass is 10.2. The number of hydrogen-bond donors (Lipinski definition) is 0. The molecule has 0 radical (unpaired) electrons. The zero-order chi connectivity index (χ0) is 18.0. The smallest absolute Gasteiger partial charge is 0.271 e. The number of non-ortho nitro benzene ring substituents is 1. The minimum atomic E-state index is -0.441. The number of piperazine rings is 1. The van der Waals surface area contributed by atoms with Crippen LogP contribution in [0.25, 0.3) is 0 Å². The molecule has 1 aliphatic rings. The van der Waals surface area contributed by atoms with Gasteiger partial charge in [-0.2, -0.15) is 0 Å². The lowest BCUT2D eigenvalue weighted by Gasteiger charge is -2.36. The maximum absolute atomic E-state index is 10.8. The molecule has 0 spiro atoms. The van der Waals surface area contributed by atoms with Crippen LogP contribution in [-0.4, -0.2) is 36.0 Å². The molecule has 2 aromatic rings. The van der Waals surface area contributed by atoms with Gasteiger partial charge in [0, 0.05) is 54.9 Å². The monoisotopic (exact) mass is 399 g/mol. The van der Waals surface area contributed by atoms with E-state index < -0.39 is 4.92 Å². The Morgan fingerprint density at radius 2 is 1.68 bits per heavy atom. The standard InChI is InChI=1S/C17H16Cl3N3O2/c18-13-2-1-12(15(19)9-13)11-21-5-7-22(8-6-21)17-4-3-14(23(24)25)10-16(17)20/h1-4,9-10H,5-8,11H2. The topological polar surface area (TPSA) is 49.6 Å². The Kier molecular flexibility index (Phi) is 5.69. The molecule has 1 fully saturated rings. The van der Waals surface area contributed by atoms with Crippen molar-refractivity contribution in [2.75, 3.05) is 31.1 Å². The number of benzene rings is 2. The van der Waals surface area contributed by atoms with Crippen molar-refractivity contribution in [2.24, 2.45) is 0 Å². The predicted octanol–water partition coefficient (Wildman–Crippen LogP) is 4.88. The molecule has 0 atom stereocenters. The molecule has 2 aromatic carbocycles. The summed E-state index contributed by atoms with van der Waals surface area (Å²) in [4.78, 5) is 14.8. The zero-order valence-electron chi connectivity index (χ0n) is 13.3. The van der Waals surface area contributed by atoms with Gasteiger partial charge < -0.3 is 4.90 Å². The molecular weight excluding hydrogens is 385 g/mol. The number of rotatable bonds is 4. The highest BCUT2D eigenvalue weighted by Crippen LogP contribution is 2.31. The summed E-state index contributed by atoms with van der Waals surface area (Å²) in [6, 6.07) is 10.1. The molecule has 1 heterocycles. The summed E-state index contributed by atoms with van der Waals surface area (Å²) in [5.74, 6) is 0. The van der Waals surface area contributed by atoms with Gasteiger partial charge in [0.15, 0.2) is 0 Å². The van der Waals surface area contributed by atoms with E-state index in [1.807, 2.05) is 12.1 Å². The van der Waals surface area contributed by atoms with Crippen molar-refractivity contribution in [3.8, 4) is 0 Å². The molecule has 3 rings (SSSR count). The second-order valence-electron chi connectivity index (χ2n) is 5.89. The lowest BCUT2D eigenvalue weighted by molar-refractivity contribution is -0.384. The van der Waals surface area contributed by atoms with E-state index in [0.29, 0.717) is 15.1 Å². The van der Waals surface area contributed by atoms with E-state index in [2.05, 4.69) is 9.80 Å². The van der Waals surface area contributed by atoms with E-state index in [9.17, 15) is 10.1 Å². The van der Waals surface area contributed by atoms with Gasteiger partial charge in [-0.3, -0.25) is 15.0 Å². The highest BCUT2D eigenvalue weighted by Gasteiger charge is 2.21. The van der Waals surface area contributed by atoms with Crippen molar-refractivity contribution in [3.63, 3.8) is 0 Å². The molecule has 0 saturated carbocycles. The largest absolute Gasteiger partial charge is 0.368 e. The van der Waals surface area contributed by atoms with Gasteiger partial charge in [0.25, 0.3) is 5.69 Å². The fraction of sp³-hybridized carbons (Fsp3) is 0.294. The SMILES string of the molecule is O=[N+]([O-])c1ccc(N2CCN(Cc3ccc(Cl)cc3Cl)CC2)c(Cl)c1. The second kappa shape index (κ2) is 7.79. The molecule has 1 aliphatic heterocycles. The predicted molar refractivity (Wildman–Crippen MR) is 102 cm³/mol. The van der Waals surface area contributed by atoms with Crippen LogP contribution in [0.15, 0.2) is 36.4 Å². The normalized spacial score (nSPS) is 15.4. The Morgan fingerprint density at radius 1 is 0.960 bits per heavy atom. The van der Waals surface area contributed by atoms with Crippen LogP contribution in [0.4, 0.5) is 11.4 Å². The van der Waals surface area contributed by atoms with Gasteiger partial charge in [0.1, 0.15) is 0 Å². The molecule has 1 saturated heterocycles. The highest BCUT2D eigenvalue weighted by atomic mass is 35.5. The van der Waals surface area contributed by atoms with Crippen LogP contribution in [0.3, 0.4) is 0 Å². The third-order valence-corrected chi connectivity index (χ3v) is 5.15. The van der Waals surface area contributed by atoms with Crippen LogP contribution in [0.2, 0.25) is 15.1 Å². The number of nitrogens with zero attached hydrogens (tertiary/aromatic N) is 3. The van der Waals surface area contributed by atoms with Crippen LogP contribution in [0.1, 0.15) is 5.56 Å². The Morgan fingerprint density at radius 3 is 2.28 bits per heavy atom. The summed E-state index contributed by atoms with van der Waals surface area (Å²) in [6.07, 6.45) is 0. The first-order chi connectivity index (χ1) is 11.9. The quantitative estimate of drug-likeness (QED) is 0.542. The first-order valence-corrected chi connectivity index (χ1v) is 8.92. The minimum absolute atomic E-state index is 0.00441. The Hall–Kier alpha value is -1.53. The Bertz CT molecular complexity index is 793. The summed E-state index contributed by atoms with van der Waals surface area (Å²) >= 11 is 18.4. The molecular formula is C17H16Cl3N3O2. The van der Waals surface area contributed by atoms with Crippen LogP contribution in [-0.2, 0) is 6.54 Å². The van der Waals surface area contributed by atoms with E-state index in [1.54, 1.807) is 12.1 Å². The van der Waals surface area contributed by atoms with Crippen LogP contribution in [0, 0.1) is 10.1 Å². The van der Waals surface area contributed by atoms with Crippen LogP contribution >= 0.6 is 34.8 Å². The Labute approximate surface area is 160 Å². The fourth-order valence-corrected chi connectivity index (χ4v) is 3.67. The summed E-state index contributed by atoms with van der Waals surface area (Å²) < 4.78 is 0. The number of halogens is 3. The number of anilines is 1. The van der Waals surface area contributed by atoms with E-state index in [1.165, 1.54) is 12.1 Å². The summed E-state index contributed by atoms with van der Waals surface area (Å²) in [6.45, 7) is 4.06. The van der Waals surface area contributed by atoms with Gasteiger partial charge in [0.05, 0.1) is 15.6 Å². The molecule has 0 aromatic heterocycles. The molecule has 0 unspecified atom stereocenters. The van der Waals surface area contributed by atoms with Gasteiger partial charge in [-0.1, -0.05) is 40.9 Å². The van der Waals surface area contributed by atoms with Crippen molar-refractivity contribution in [3.05, 3.63) is 67.1 Å². The average Bonchev–Trinajstić information content (AvgIpc) is 2.58. The minimum Gasteiger partial charge on any atom is -0.368 e. The number of nitro benzene ring substituents is 1. The molecule has 8 heteroatoms. The average molecular weight is 401 g/mol. The van der Waals surface area contributed by atoms with Gasteiger partial charge in [-0.15, -0.1) is 0 Å². The second-order valence-corrected chi connectivity index (χ2v) is 7.14. The van der Waals surface area contributed by atoms with E-state index in [4.69, 9.17) is 34.8 Å². The third-order valence-electron chi connectivity index (χ3n) is 4.26. The molecule has 0 aliphatic carbocycles. The van der Waals surface area contributed by atoms with Gasteiger partial charge in [0.2, 0.25) is 0 Å². The van der Waals surface area contributed by atoms with Crippen molar-refractivity contribution < 1.29 is 4.92 Å². The van der Waals surface area contributed by atoms with E-state index >= 15 is 0 Å². The molecule has 132 valence electrons. The third kappa shape index (κ3) is 4.36. The maximum Gasteiger partial charge on any atom is 0.271 e. The van der Waals surface area contributed by atoms with E-state index in [-0.39, 0.29) is 5.69 Å². The van der Waals surface area contributed by atoms with Crippen LogP contribution in [0.5, 0.6) is 0 Å². The Balaban J connectivity index is 1.63. The van der Waals surface area contributed by atoms with Crippen molar-refractivity contribution in [1.82, 2.24) is 4.90 Å². The summed E-state index contributed by atoms with van der Waals surface area (Å²) in [5, 5.41) is 12.5. The van der Waals surface area contributed by atoms with Gasteiger partial charge in [-0.25, -0.2) is 0 Å².